The molecule has 0 saturated heterocycles. The number of carboxylic acid groups (broad SMARTS) is 1. The number of hydrogen-bond donors (Lipinski definition) is 1. The van der Waals surface area contributed by atoms with Crippen molar-refractivity contribution in [2.45, 2.75) is 0 Å². The zero-order chi connectivity index (χ0) is 28.1. The second-order valence-electron chi connectivity index (χ2n) is 8.83. The molecular weight excluding hydrogens is 520 g/mol. The van der Waals surface area contributed by atoms with Crippen LogP contribution in [-0.4, -0.2) is 40.9 Å². The number of carbonyl (C=O) groups is 6. The molecule has 4 aromatic rings. The number of benzene rings is 4. The number of carboxylic acids is 1. The molecule has 40 heavy (non-hydrogen) atoms. The molecule has 0 bridgehead atoms. The van der Waals surface area contributed by atoms with Gasteiger partial charge < -0.3 is 19.3 Å². The lowest BCUT2D eigenvalue weighted by atomic mass is 9.90. The molecule has 6 rings (SSSR count). The molecule has 0 atom stereocenters. The highest BCUT2D eigenvalue weighted by Gasteiger charge is 2.35. The predicted octanol–water partition coefficient (Wildman–Crippen LogP) is 4.56. The molecule has 2 aliphatic rings. The zero-order valence-electron chi connectivity index (χ0n) is 20.1. The number of fused-ring (bicyclic) bond motifs is 2. The van der Waals surface area contributed by atoms with Gasteiger partial charge in [-0.2, -0.15) is 0 Å². The van der Waals surface area contributed by atoms with E-state index >= 15 is 0 Å². The summed E-state index contributed by atoms with van der Waals surface area (Å²) < 4.78 is 14.7. The maximum absolute atomic E-state index is 12.8. The van der Waals surface area contributed by atoms with Crippen LogP contribution in [0.5, 0.6) is 5.75 Å². The molecule has 0 saturated carbocycles. The van der Waals surface area contributed by atoms with Crippen LogP contribution in [0, 0.1) is 0 Å². The van der Waals surface area contributed by atoms with Gasteiger partial charge in [0.25, 0.3) is 0 Å². The number of carbonyl (C=O) groups excluding carboxylic acids is 5. The van der Waals surface area contributed by atoms with Gasteiger partial charge in [0.15, 0.2) is 0 Å². The molecule has 10 nitrogen and oxygen atoms in total. The summed E-state index contributed by atoms with van der Waals surface area (Å²) in [6.07, 6.45) is 0. The molecule has 0 aromatic heterocycles. The fourth-order valence-corrected chi connectivity index (χ4v) is 4.62. The van der Waals surface area contributed by atoms with Gasteiger partial charge >= 0.3 is 35.8 Å². The summed E-state index contributed by atoms with van der Waals surface area (Å²) in [5.41, 5.74) is 1.38. The minimum atomic E-state index is -1.28. The van der Waals surface area contributed by atoms with Crippen LogP contribution in [0.2, 0.25) is 0 Å². The minimum Gasteiger partial charge on any atom is -0.478 e. The standard InChI is InChI=1S/C30H14O10/c31-25(32)20-9-10-21-24(30(37)40-28(21)35)23(20)16-5-1-3-14(11-16)15-4-2-6-18(12-15)38-26(33)17-7-8-19-22(13-17)29(36)39-27(19)34/h1-13H,(H,31,32). The molecule has 10 heteroatoms. The summed E-state index contributed by atoms with van der Waals surface area (Å²) in [6, 6.07) is 19.5. The van der Waals surface area contributed by atoms with E-state index in [0.717, 1.165) is 0 Å². The second kappa shape index (κ2) is 9.14. The maximum atomic E-state index is 12.8. The van der Waals surface area contributed by atoms with E-state index in [0.29, 0.717) is 16.7 Å². The Morgan fingerprint density at radius 2 is 1.23 bits per heavy atom. The molecule has 0 amide bonds. The van der Waals surface area contributed by atoms with Gasteiger partial charge in [-0.25, -0.2) is 28.8 Å². The smallest absolute Gasteiger partial charge is 0.347 e. The number of cyclic esters (lactones) is 4. The Morgan fingerprint density at radius 3 is 2.00 bits per heavy atom. The monoisotopic (exact) mass is 534 g/mol. The Hall–Kier alpha value is -5.90. The van der Waals surface area contributed by atoms with E-state index in [1.54, 1.807) is 48.5 Å². The molecule has 194 valence electrons. The third kappa shape index (κ3) is 4.00. The number of rotatable bonds is 5. The van der Waals surface area contributed by atoms with Crippen LogP contribution in [0.3, 0.4) is 0 Å². The highest BCUT2D eigenvalue weighted by atomic mass is 16.6. The van der Waals surface area contributed by atoms with Crippen molar-refractivity contribution < 1.29 is 48.1 Å². The number of hydrogen-bond acceptors (Lipinski definition) is 9. The third-order valence-electron chi connectivity index (χ3n) is 6.45. The average Bonchev–Trinajstić information content (AvgIpc) is 3.41. The van der Waals surface area contributed by atoms with Crippen molar-refractivity contribution in [1.82, 2.24) is 0 Å². The lowest BCUT2D eigenvalue weighted by Crippen LogP contribution is -2.09. The van der Waals surface area contributed by atoms with Crippen molar-refractivity contribution in [3.63, 3.8) is 0 Å². The van der Waals surface area contributed by atoms with Crippen LogP contribution in [0.25, 0.3) is 22.3 Å². The van der Waals surface area contributed by atoms with Gasteiger partial charge in [0, 0.05) is 5.56 Å². The summed E-state index contributed by atoms with van der Waals surface area (Å²) >= 11 is 0. The van der Waals surface area contributed by atoms with Gasteiger partial charge in [-0.15, -0.1) is 0 Å². The Labute approximate surface area is 224 Å². The zero-order valence-corrected chi connectivity index (χ0v) is 20.1. The van der Waals surface area contributed by atoms with Crippen LogP contribution in [0.4, 0.5) is 0 Å². The molecule has 0 fully saturated rings. The van der Waals surface area contributed by atoms with Crippen LogP contribution in [-0.2, 0) is 9.47 Å². The van der Waals surface area contributed by atoms with E-state index in [9.17, 15) is 33.9 Å². The molecule has 2 aliphatic heterocycles. The largest absolute Gasteiger partial charge is 0.478 e. The Balaban J connectivity index is 1.34. The van der Waals surface area contributed by atoms with Crippen LogP contribution >= 0.6 is 0 Å². The molecule has 0 unspecified atom stereocenters. The van der Waals surface area contributed by atoms with Gasteiger partial charge in [0.2, 0.25) is 0 Å². The third-order valence-corrected chi connectivity index (χ3v) is 6.45. The number of esters is 5. The van der Waals surface area contributed by atoms with Crippen molar-refractivity contribution in [3.05, 3.63) is 112 Å². The highest BCUT2D eigenvalue weighted by molar-refractivity contribution is 6.20. The average molecular weight is 534 g/mol. The van der Waals surface area contributed by atoms with Crippen molar-refractivity contribution >= 4 is 35.8 Å². The molecule has 2 heterocycles. The van der Waals surface area contributed by atoms with Gasteiger partial charge in [-0.3, -0.25) is 0 Å². The molecule has 0 aliphatic carbocycles. The molecular formula is C30H14O10. The number of ether oxygens (including phenoxy) is 3. The van der Waals surface area contributed by atoms with E-state index in [4.69, 9.17) is 9.47 Å². The quantitative estimate of drug-likeness (QED) is 0.219. The molecule has 1 N–H and O–H groups in total. The summed E-state index contributed by atoms with van der Waals surface area (Å²) in [6.45, 7) is 0. The summed E-state index contributed by atoms with van der Waals surface area (Å²) in [5, 5.41) is 9.76. The summed E-state index contributed by atoms with van der Waals surface area (Å²) in [7, 11) is 0. The van der Waals surface area contributed by atoms with E-state index in [-0.39, 0.29) is 44.7 Å². The first-order valence-electron chi connectivity index (χ1n) is 11.7. The first kappa shape index (κ1) is 24.4. The number of aromatic carboxylic acids is 1. The maximum Gasteiger partial charge on any atom is 0.347 e. The van der Waals surface area contributed by atoms with Crippen molar-refractivity contribution in [2.24, 2.45) is 0 Å². The van der Waals surface area contributed by atoms with E-state index < -0.39 is 35.8 Å². The van der Waals surface area contributed by atoms with Gasteiger partial charge in [-0.05, 0) is 65.2 Å². The normalized spacial score (nSPS) is 13.4. The molecule has 0 spiro atoms. The highest BCUT2D eigenvalue weighted by Crippen LogP contribution is 2.37. The molecule has 0 radical (unpaired) electrons. The Kier molecular flexibility index (Phi) is 5.58. The van der Waals surface area contributed by atoms with E-state index in [1.165, 1.54) is 30.3 Å². The van der Waals surface area contributed by atoms with Gasteiger partial charge in [0.05, 0.1) is 33.4 Å². The minimum absolute atomic E-state index is 0.0199. The van der Waals surface area contributed by atoms with Crippen LogP contribution < -0.4 is 4.74 Å². The molecule has 4 aromatic carbocycles. The first-order valence-corrected chi connectivity index (χ1v) is 11.7. The van der Waals surface area contributed by atoms with Gasteiger partial charge in [-0.1, -0.05) is 30.3 Å². The summed E-state index contributed by atoms with van der Waals surface area (Å²) in [5.74, 6) is -5.28. The van der Waals surface area contributed by atoms with Crippen molar-refractivity contribution in [1.29, 1.82) is 0 Å². The van der Waals surface area contributed by atoms with Crippen molar-refractivity contribution in [2.75, 3.05) is 0 Å². The Morgan fingerprint density at radius 1 is 0.600 bits per heavy atom. The predicted molar refractivity (Wildman–Crippen MR) is 135 cm³/mol. The van der Waals surface area contributed by atoms with Gasteiger partial charge in [0.1, 0.15) is 5.75 Å². The lowest BCUT2D eigenvalue weighted by Gasteiger charge is -2.12. The lowest BCUT2D eigenvalue weighted by molar-refractivity contribution is 0.0425. The Bertz CT molecular complexity index is 1850. The second-order valence-corrected chi connectivity index (χ2v) is 8.83. The van der Waals surface area contributed by atoms with E-state index in [2.05, 4.69) is 4.74 Å². The topological polar surface area (TPSA) is 150 Å². The summed E-state index contributed by atoms with van der Waals surface area (Å²) in [4.78, 5) is 72.7. The fraction of sp³-hybridized carbons (Fsp3) is 0. The van der Waals surface area contributed by atoms with E-state index in [1.807, 2.05) is 0 Å². The van der Waals surface area contributed by atoms with Crippen LogP contribution in [0.15, 0.2) is 78.9 Å². The fourth-order valence-electron chi connectivity index (χ4n) is 4.62. The van der Waals surface area contributed by atoms with Crippen molar-refractivity contribution in [3.8, 4) is 28.0 Å². The van der Waals surface area contributed by atoms with Crippen LogP contribution in [0.1, 0.15) is 62.1 Å². The SMILES string of the molecule is O=C(Oc1cccc(-c2cccc(-c3c(C(=O)O)ccc4c3C(=O)OC4=O)c2)c1)c1ccc2c(c1)C(=O)OC2=O. The first-order chi connectivity index (χ1) is 19.2.